The van der Waals surface area contributed by atoms with Crippen LogP contribution in [0.2, 0.25) is 0 Å². The Balaban J connectivity index is 1.63. The van der Waals surface area contributed by atoms with Crippen LogP contribution in [-0.4, -0.2) is 60.1 Å². The molecular formula is C16H28N4. The zero-order valence-corrected chi connectivity index (χ0v) is 12.8. The van der Waals surface area contributed by atoms with E-state index in [1.165, 1.54) is 51.9 Å². The van der Waals surface area contributed by atoms with Gasteiger partial charge in [-0.1, -0.05) is 6.92 Å². The van der Waals surface area contributed by atoms with Gasteiger partial charge in [-0.25, -0.2) is 0 Å². The Morgan fingerprint density at radius 2 is 1.95 bits per heavy atom. The number of rotatable bonds is 3. The molecule has 0 bridgehead atoms. The molecule has 0 spiro atoms. The van der Waals surface area contributed by atoms with Crippen LogP contribution in [0, 0.1) is 11.3 Å². The topological polar surface area (TPSA) is 42.3 Å². The Morgan fingerprint density at radius 3 is 2.75 bits per heavy atom. The van der Waals surface area contributed by atoms with Crippen LogP contribution in [0.5, 0.6) is 0 Å². The lowest BCUT2D eigenvalue weighted by atomic mass is 9.99. The third-order valence-corrected chi connectivity index (χ3v) is 5.57. The summed E-state index contributed by atoms with van der Waals surface area (Å²) in [7, 11) is 0. The van der Waals surface area contributed by atoms with E-state index >= 15 is 0 Å². The summed E-state index contributed by atoms with van der Waals surface area (Å²) in [5.41, 5.74) is -0.249. The number of nitriles is 1. The third-order valence-electron chi connectivity index (χ3n) is 5.57. The monoisotopic (exact) mass is 276 g/mol. The van der Waals surface area contributed by atoms with Gasteiger partial charge in [0.2, 0.25) is 0 Å². The van der Waals surface area contributed by atoms with Crippen LogP contribution in [-0.2, 0) is 0 Å². The van der Waals surface area contributed by atoms with Gasteiger partial charge < -0.3 is 0 Å². The number of nitrogens with zero attached hydrogens (tertiary/aromatic N) is 3. The fourth-order valence-corrected chi connectivity index (χ4v) is 4.54. The fraction of sp³-hybridized carbons (Fsp3) is 0.938. The zero-order valence-electron chi connectivity index (χ0n) is 12.8. The van der Waals surface area contributed by atoms with E-state index in [1.54, 1.807) is 0 Å². The number of fused-ring (bicyclic) bond motifs is 1. The Hall–Kier alpha value is -0.630. The summed E-state index contributed by atoms with van der Waals surface area (Å²) in [5.74, 6) is 0. The van der Waals surface area contributed by atoms with Crippen LogP contribution in [0.15, 0.2) is 0 Å². The maximum absolute atomic E-state index is 9.53. The molecule has 112 valence electrons. The summed E-state index contributed by atoms with van der Waals surface area (Å²) in [4.78, 5) is 5.39. The molecule has 1 saturated carbocycles. The van der Waals surface area contributed by atoms with E-state index in [4.69, 9.17) is 0 Å². The maximum Gasteiger partial charge on any atom is 0.108 e. The molecule has 0 aromatic heterocycles. The van der Waals surface area contributed by atoms with Crippen molar-refractivity contribution in [3.63, 3.8) is 0 Å². The molecule has 2 aliphatic heterocycles. The van der Waals surface area contributed by atoms with Gasteiger partial charge in [-0.3, -0.25) is 15.1 Å². The molecule has 4 heteroatoms. The van der Waals surface area contributed by atoms with E-state index in [0.717, 1.165) is 25.4 Å². The van der Waals surface area contributed by atoms with E-state index < -0.39 is 0 Å². The summed E-state index contributed by atoms with van der Waals surface area (Å²) in [6.45, 7) is 8.06. The van der Waals surface area contributed by atoms with Crippen LogP contribution in [0.25, 0.3) is 0 Å². The average molecular weight is 276 g/mol. The molecule has 1 N–H and O–H groups in total. The molecule has 0 aromatic rings. The van der Waals surface area contributed by atoms with Crippen molar-refractivity contribution < 1.29 is 0 Å². The summed E-state index contributed by atoms with van der Waals surface area (Å²) in [6, 6.07) is 3.97. The quantitative estimate of drug-likeness (QED) is 0.850. The van der Waals surface area contributed by atoms with E-state index in [0.29, 0.717) is 6.04 Å². The standard InChI is InChI=1S/C16H28N4/c1-2-18-16(13-17)7-6-14(11-16)20-10-4-9-19-8-3-5-15(19)12-20/h14-15,18H,2-12H2,1H3. The lowest BCUT2D eigenvalue weighted by Gasteiger charge is -2.31. The van der Waals surface area contributed by atoms with Crippen LogP contribution < -0.4 is 5.32 Å². The molecule has 0 aromatic carbocycles. The highest BCUT2D eigenvalue weighted by Gasteiger charge is 2.42. The summed E-state index contributed by atoms with van der Waals surface area (Å²) in [5, 5.41) is 13.0. The summed E-state index contributed by atoms with van der Waals surface area (Å²) in [6.07, 6.45) is 7.28. The predicted octanol–water partition coefficient (Wildman–Crippen LogP) is 1.58. The third kappa shape index (κ3) is 2.72. The minimum absolute atomic E-state index is 0.249. The first kappa shape index (κ1) is 14.3. The molecule has 3 atom stereocenters. The second-order valence-corrected chi connectivity index (χ2v) is 6.80. The molecule has 1 aliphatic carbocycles. The molecule has 3 unspecified atom stereocenters. The summed E-state index contributed by atoms with van der Waals surface area (Å²) < 4.78 is 0. The molecule has 20 heavy (non-hydrogen) atoms. The number of nitrogens with one attached hydrogen (secondary N) is 1. The lowest BCUT2D eigenvalue weighted by molar-refractivity contribution is 0.170. The number of hydrogen-bond donors (Lipinski definition) is 1. The Bertz CT molecular complexity index is 377. The van der Waals surface area contributed by atoms with E-state index in [-0.39, 0.29) is 5.54 Å². The maximum atomic E-state index is 9.53. The largest absolute Gasteiger partial charge is 0.300 e. The molecule has 3 aliphatic rings. The van der Waals surface area contributed by atoms with Crippen molar-refractivity contribution in [1.82, 2.24) is 15.1 Å². The van der Waals surface area contributed by atoms with Crippen molar-refractivity contribution >= 4 is 0 Å². The number of hydrogen-bond acceptors (Lipinski definition) is 4. The minimum atomic E-state index is -0.249. The van der Waals surface area contributed by atoms with Crippen LogP contribution in [0.1, 0.15) is 45.4 Å². The van der Waals surface area contributed by atoms with Crippen molar-refractivity contribution in [3.8, 4) is 6.07 Å². The molecule has 2 heterocycles. The highest BCUT2D eigenvalue weighted by molar-refractivity contribution is 5.13. The molecular weight excluding hydrogens is 248 g/mol. The van der Waals surface area contributed by atoms with Crippen LogP contribution in [0.4, 0.5) is 0 Å². The average Bonchev–Trinajstić information content (AvgIpc) is 3.02. The predicted molar refractivity (Wildman–Crippen MR) is 80.4 cm³/mol. The molecule has 2 saturated heterocycles. The van der Waals surface area contributed by atoms with E-state index in [9.17, 15) is 5.26 Å². The highest BCUT2D eigenvalue weighted by Crippen LogP contribution is 2.34. The van der Waals surface area contributed by atoms with Gasteiger partial charge in [0, 0.05) is 18.6 Å². The molecule has 3 fully saturated rings. The summed E-state index contributed by atoms with van der Waals surface area (Å²) >= 11 is 0. The second kappa shape index (κ2) is 6.01. The van der Waals surface area contributed by atoms with Gasteiger partial charge in [-0.15, -0.1) is 0 Å². The molecule has 0 amide bonds. The van der Waals surface area contributed by atoms with Gasteiger partial charge in [0.15, 0.2) is 0 Å². The van der Waals surface area contributed by atoms with Crippen molar-refractivity contribution in [2.24, 2.45) is 0 Å². The smallest absolute Gasteiger partial charge is 0.108 e. The first-order valence-corrected chi connectivity index (χ1v) is 8.41. The van der Waals surface area contributed by atoms with Crippen molar-refractivity contribution in [2.45, 2.75) is 63.1 Å². The molecule has 0 radical (unpaired) electrons. The first-order valence-electron chi connectivity index (χ1n) is 8.41. The van der Waals surface area contributed by atoms with Crippen LogP contribution in [0.3, 0.4) is 0 Å². The van der Waals surface area contributed by atoms with Crippen molar-refractivity contribution in [1.29, 1.82) is 5.26 Å². The normalized spacial score (nSPS) is 39.4. The zero-order chi connectivity index (χ0) is 14.0. The van der Waals surface area contributed by atoms with Gasteiger partial charge in [-0.05, 0) is 64.7 Å². The van der Waals surface area contributed by atoms with E-state index in [2.05, 4.69) is 28.1 Å². The highest BCUT2D eigenvalue weighted by atomic mass is 15.3. The van der Waals surface area contributed by atoms with Gasteiger partial charge in [0.25, 0.3) is 0 Å². The van der Waals surface area contributed by atoms with Crippen LogP contribution >= 0.6 is 0 Å². The first-order chi connectivity index (χ1) is 9.76. The SMILES string of the molecule is CCNC1(C#N)CCC(N2CCCN3CCCC3C2)C1. The van der Waals surface area contributed by atoms with Gasteiger partial charge in [0.05, 0.1) is 6.07 Å². The Labute approximate surface area is 123 Å². The van der Waals surface area contributed by atoms with Gasteiger partial charge in [0.1, 0.15) is 5.54 Å². The van der Waals surface area contributed by atoms with E-state index in [1.807, 2.05) is 0 Å². The lowest BCUT2D eigenvalue weighted by Crippen LogP contribution is -2.45. The van der Waals surface area contributed by atoms with Gasteiger partial charge >= 0.3 is 0 Å². The fourth-order valence-electron chi connectivity index (χ4n) is 4.54. The minimum Gasteiger partial charge on any atom is -0.300 e. The van der Waals surface area contributed by atoms with Crippen molar-refractivity contribution in [3.05, 3.63) is 0 Å². The molecule has 4 nitrogen and oxygen atoms in total. The molecule has 3 rings (SSSR count). The Morgan fingerprint density at radius 1 is 1.15 bits per heavy atom. The van der Waals surface area contributed by atoms with Gasteiger partial charge in [-0.2, -0.15) is 5.26 Å². The Kier molecular flexibility index (Phi) is 4.30. The van der Waals surface area contributed by atoms with Crippen molar-refractivity contribution in [2.75, 3.05) is 32.7 Å². The second-order valence-electron chi connectivity index (χ2n) is 6.80.